The maximum absolute atomic E-state index is 8.69. The van der Waals surface area contributed by atoms with Gasteiger partial charge in [0.25, 0.3) is 0 Å². The summed E-state index contributed by atoms with van der Waals surface area (Å²) in [4.78, 5) is 4.38. The molecule has 0 saturated carbocycles. The van der Waals surface area contributed by atoms with Gasteiger partial charge in [-0.2, -0.15) is 5.26 Å². The summed E-state index contributed by atoms with van der Waals surface area (Å²) in [6.07, 6.45) is 5.48. The Morgan fingerprint density at radius 2 is 1.96 bits per heavy atom. The summed E-state index contributed by atoms with van der Waals surface area (Å²) >= 11 is 1.38. The highest BCUT2D eigenvalue weighted by atomic mass is 32.2. The van der Waals surface area contributed by atoms with Crippen molar-refractivity contribution in [2.24, 2.45) is 4.99 Å². The molecule has 0 bridgehead atoms. The summed E-state index contributed by atoms with van der Waals surface area (Å²) in [6, 6.07) is 17.9. The molecule has 0 fully saturated rings. The molecule has 0 aliphatic carbocycles. The summed E-state index contributed by atoms with van der Waals surface area (Å²) in [5.41, 5.74) is 2.92. The van der Waals surface area contributed by atoms with E-state index in [2.05, 4.69) is 32.6 Å². The first-order chi connectivity index (χ1) is 12.3. The van der Waals surface area contributed by atoms with Gasteiger partial charge in [-0.25, -0.2) is 4.99 Å². The van der Waals surface area contributed by atoms with Gasteiger partial charge in [0.2, 0.25) is 0 Å². The van der Waals surface area contributed by atoms with Gasteiger partial charge in [0.1, 0.15) is 6.33 Å². The molecule has 0 aliphatic heterocycles. The predicted molar refractivity (Wildman–Crippen MR) is 100 cm³/mol. The van der Waals surface area contributed by atoms with E-state index >= 15 is 0 Å². The van der Waals surface area contributed by atoms with Gasteiger partial charge in [0.05, 0.1) is 12.2 Å². The zero-order valence-corrected chi connectivity index (χ0v) is 14.4. The van der Waals surface area contributed by atoms with Crippen molar-refractivity contribution in [2.75, 3.05) is 6.26 Å². The molecule has 124 valence electrons. The van der Waals surface area contributed by atoms with E-state index in [1.807, 2.05) is 59.5 Å². The molecule has 1 aromatic heterocycles. The summed E-state index contributed by atoms with van der Waals surface area (Å²) in [6.45, 7) is 0.714. The predicted octanol–water partition coefficient (Wildman–Crippen LogP) is 3.41. The van der Waals surface area contributed by atoms with E-state index in [1.165, 1.54) is 17.3 Å². The Bertz CT molecular complexity index is 893. The Hall–Kier alpha value is -3.11. The Morgan fingerprint density at radius 1 is 1.20 bits per heavy atom. The molecule has 1 N–H and O–H groups in total. The van der Waals surface area contributed by atoms with Crippen LogP contribution >= 0.6 is 11.8 Å². The topological polar surface area (TPSA) is 78.9 Å². The minimum atomic E-state index is 0.558. The number of aliphatic imine (C=N–C) groups is 1. The smallest absolute Gasteiger partial charge is 0.183 e. The first kappa shape index (κ1) is 16.7. The molecular weight excluding hydrogens is 332 g/mol. The van der Waals surface area contributed by atoms with E-state index in [0.29, 0.717) is 11.7 Å². The molecule has 0 unspecified atom stereocenters. The lowest BCUT2D eigenvalue weighted by Crippen LogP contribution is -2.12. The number of nitrogens with zero attached hydrogens (tertiary/aromatic N) is 5. The largest absolute Gasteiger partial charge is 0.309 e. The minimum Gasteiger partial charge on any atom is -0.309 e. The maximum Gasteiger partial charge on any atom is 0.183 e. The number of hydrogen-bond donors (Lipinski definition) is 1. The highest BCUT2D eigenvalue weighted by molar-refractivity contribution is 8.13. The standard InChI is InChI=1S/C18H16N6S/c1-25-18(20-12-19)22-16-9-7-15(8-10-16)17-23-21-13-24(17)11-14-5-3-2-4-6-14/h2-10,13H,11H2,1H3,(H,20,22). The Kier molecular flexibility index (Phi) is 5.44. The molecule has 2 aromatic carbocycles. The number of hydrogen-bond acceptors (Lipinski definition) is 5. The van der Waals surface area contributed by atoms with E-state index in [4.69, 9.17) is 5.26 Å². The number of nitrogens with one attached hydrogen (secondary N) is 1. The molecule has 0 spiro atoms. The molecule has 0 amide bonds. The average molecular weight is 348 g/mol. The summed E-state index contributed by atoms with van der Waals surface area (Å²) in [7, 11) is 0. The Morgan fingerprint density at radius 3 is 2.64 bits per heavy atom. The van der Waals surface area contributed by atoms with Gasteiger partial charge in [0, 0.05) is 5.56 Å². The molecule has 0 saturated heterocycles. The molecule has 3 aromatic rings. The van der Waals surface area contributed by atoms with Crippen LogP contribution < -0.4 is 5.32 Å². The van der Waals surface area contributed by atoms with Crippen molar-refractivity contribution in [3.05, 3.63) is 66.5 Å². The average Bonchev–Trinajstić information content (AvgIpc) is 3.11. The van der Waals surface area contributed by atoms with Crippen LogP contribution in [0.3, 0.4) is 0 Å². The van der Waals surface area contributed by atoms with Crippen LogP contribution in [0.15, 0.2) is 65.9 Å². The van der Waals surface area contributed by atoms with Crippen molar-refractivity contribution in [3.8, 4) is 17.6 Å². The molecule has 7 heteroatoms. The second-order valence-corrected chi connectivity index (χ2v) is 5.97. The van der Waals surface area contributed by atoms with Crippen molar-refractivity contribution >= 4 is 22.6 Å². The van der Waals surface area contributed by atoms with E-state index in [-0.39, 0.29) is 0 Å². The molecule has 6 nitrogen and oxygen atoms in total. The van der Waals surface area contributed by atoms with E-state index in [1.54, 1.807) is 6.33 Å². The highest BCUT2D eigenvalue weighted by Crippen LogP contribution is 2.22. The van der Waals surface area contributed by atoms with Crippen molar-refractivity contribution in [2.45, 2.75) is 6.54 Å². The van der Waals surface area contributed by atoms with Crippen molar-refractivity contribution in [3.63, 3.8) is 0 Å². The van der Waals surface area contributed by atoms with Crippen LogP contribution in [0.5, 0.6) is 0 Å². The van der Waals surface area contributed by atoms with Gasteiger partial charge >= 0.3 is 0 Å². The first-order valence-corrected chi connectivity index (χ1v) is 8.82. The number of amidine groups is 1. The quantitative estimate of drug-likeness (QED) is 0.338. The van der Waals surface area contributed by atoms with Crippen LogP contribution in [0.25, 0.3) is 11.4 Å². The molecule has 3 rings (SSSR count). The molecule has 0 radical (unpaired) electrons. The molecule has 1 heterocycles. The first-order valence-electron chi connectivity index (χ1n) is 7.60. The van der Waals surface area contributed by atoms with E-state index in [9.17, 15) is 0 Å². The normalized spacial score (nSPS) is 11.1. The Balaban J connectivity index is 1.82. The zero-order valence-electron chi connectivity index (χ0n) is 13.6. The lowest BCUT2D eigenvalue weighted by atomic mass is 10.2. The van der Waals surface area contributed by atoms with Gasteiger partial charge < -0.3 is 4.57 Å². The molecular formula is C18H16N6S. The third-order valence-corrected chi connectivity index (χ3v) is 4.10. The number of benzene rings is 2. The number of nitriles is 1. The van der Waals surface area contributed by atoms with Crippen LogP contribution in [0.2, 0.25) is 0 Å². The summed E-state index contributed by atoms with van der Waals surface area (Å²) < 4.78 is 2.01. The second kappa shape index (κ2) is 8.13. The van der Waals surface area contributed by atoms with Gasteiger partial charge in [-0.1, -0.05) is 42.1 Å². The van der Waals surface area contributed by atoms with Crippen molar-refractivity contribution in [1.82, 2.24) is 20.1 Å². The van der Waals surface area contributed by atoms with Crippen LogP contribution in [-0.2, 0) is 6.54 Å². The number of aromatic nitrogens is 3. The van der Waals surface area contributed by atoms with Crippen molar-refractivity contribution in [1.29, 1.82) is 5.26 Å². The monoisotopic (exact) mass is 348 g/mol. The van der Waals surface area contributed by atoms with Gasteiger partial charge in [-0.3, -0.25) is 5.32 Å². The highest BCUT2D eigenvalue weighted by Gasteiger charge is 2.08. The second-order valence-electron chi connectivity index (χ2n) is 5.17. The van der Waals surface area contributed by atoms with Gasteiger partial charge in [-0.05, 0) is 36.1 Å². The zero-order chi connectivity index (χ0) is 17.5. The van der Waals surface area contributed by atoms with Crippen LogP contribution in [0.1, 0.15) is 5.56 Å². The van der Waals surface area contributed by atoms with Gasteiger partial charge in [-0.15, -0.1) is 10.2 Å². The van der Waals surface area contributed by atoms with Crippen LogP contribution in [0, 0.1) is 11.5 Å². The third-order valence-electron chi connectivity index (χ3n) is 3.52. The third kappa shape index (κ3) is 4.25. The molecule has 0 atom stereocenters. The van der Waals surface area contributed by atoms with Crippen LogP contribution in [0.4, 0.5) is 5.69 Å². The SMILES string of the molecule is CSC(=Nc1ccc(-c2nncn2Cc2ccccc2)cc1)NC#N. The van der Waals surface area contributed by atoms with Crippen LogP contribution in [-0.4, -0.2) is 26.2 Å². The van der Waals surface area contributed by atoms with Crippen molar-refractivity contribution < 1.29 is 0 Å². The minimum absolute atomic E-state index is 0.558. The Labute approximate surface area is 150 Å². The lowest BCUT2D eigenvalue weighted by Gasteiger charge is -2.07. The van der Waals surface area contributed by atoms with E-state index in [0.717, 1.165) is 17.1 Å². The fraction of sp³-hybridized carbons (Fsp3) is 0.111. The lowest BCUT2D eigenvalue weighted by molar-refractivity contribution is 0.803. The number of thioether (sulfide) groups is 1. The molecule has 0 aliphatic rings. The summed E-state index contributed by atoms with van der Waals surface area (Å²) in [5, 5.41) is 20.1. The fourth-order valence-electron chi connectivity index (χ4n) is 2.35. The van der Waals surface area contributed by atoms with E-state index < -0.39 is 0 Å². The fourth-order valence-corrected chi connectivity index (χ4v) is 2.69. The maximum atomic E-state index is 8.69. The van der Waals surface area contributed by atoms with Gasteiger partial charge in [0.15, 0.2) is 17.2 Å². The number of rotatable bonds is 4. The molecule has 25 heavy (non-hydrogen) atoms. The summed E-state index contributed by atoms with van der Waals surface area (Å²) in [5.74, 6) is 0.805.